The maximum Gasteiger partial charge on any atom is 0.262 e. The van der Waals surface area contributed by atoms with Crippen LogP contribution in [0.15, 0.2) is 18.2 Å². The van der Waals surface area contributed by atoms with Crippen molar-refractivity contribution in [3.8, 4) is 5.75 Å². The molecule has 1 aromatic rings. The predicted molar refractivity (Wildman–Crippen MR) is 83.5 cm³/mol. The number of anilines is 1. The van der Waals surface area contributed by atoms with Gasteiger partial charge < -0.3 is 15.4 Å². The summed E-state index contributed by atoms with van der Waals surface area (Å²) in [5.41, 5.74) is 2.44. The van der Waals surface area contributed by atoms with E-state index in [1.54, 1.807) is 0 Å². The van der Waals surface area contributed by atoms with Crippen molar-refractivity contribution in [2.24, 2.45) is 11.3 Å². The van der Waals surface area contributed by atoms with Gasteiger partial charge in [-0.3, -0.25) is 4.79 Å². The molecule has 1 heterocycles. The Morgan fingerprint density at radius 2 is 2.24 bits per heavy atom. The van der Waals surface area contributed by atoms with E-state index in [1.165, 1.54) is 12.0 Å². The molecule has 0 spiro atoms. The molecule has 0 bridgehead atoms. The number of carbonyl (C=O) groups excluding carboxylic acids is 1. The van der Waals surface area contributed by atoms with E-state index in [0.717, 1.165) is 24.4 Å². The fourth-order valence-corrected chi connectivity index (χ4v) is 3.16. The van der Waals surface area contributed by atoms with E-state index in [1.807, 2.05) is 6.07 Å². The molecule has 2 aliphatic rings. The van der Waals surface area contributed by atoms with Gasteiger partial charge in [0.15, 0.2) is 6.61 Å². The minimum Gasteiger partial charge on any atom is -0.482 e. The van der Waals surface area contributed by atoms with Crippen LogP contribution in [0.5, 0.6) is 5.75 Å². The van der Waals surface area contributed by atoms with Crippen LogP contribution in [0.25, 0.3) is 0 Å². The zero-order chi connectivity index (χ0) is 15.0. The molecular weight excluding hydrogens is 264 g/mol. The Balaban J connectivity index is 1.85. The first-order valence-corrected chi connectivity index (χ1v) is 7.81. The van der Waals surface area contributed by atoms with Crippen molar-refractivity contribution < 1.29 is 9.53 Å². The fraction of sp³-hybridized carbons (Fsp3) is 0.588. The van der Waals surface area contributed by atoms with Gasteiger partial charge in [0.2, 0.25) is 0 Å². The zero-order valence-electron chi connectivity index (χ0n) is 13.0. The van der Waals surface area contributed by atoms with Crippen molar-refractivity contribution in [1.29, 1.82) is 0 Å². The number of ether oxygens (including phenoxy) is 1. The van der Waals surface area contributed by atoms with Crippen molar-refractivity contribution in [3.63, 3.8) is 0 Å². The zero-order valence-corrected chi connectivity index (χ0v) is 13.0. The van der Waals surface area contributed by atoms with Crippen LogP contribution in [0.1, 0.15) is 45.2 Å². The number of carbonyl (C=O) groups is 1. The Bertz CT molecular complexity index is 554. The van der Waals surface area contributed by atoms with E-state index < -0.39 is 0 Å². The Kier molecular flexibility index (Phi) is 3.66. The number of nitrogens with one attached hydrogen (secondary N) is 2. The molecule has 3 rings (SSSR count). The largest absolute Gasteiger partial charge is 0.482 e. The highest BCUT2D eigenvalue weighted by Crippen LogP contribution is 2.58. The minimum atomic E-state index is -0.0792. The summed E-state index contributed by atoms with van der Waals surface area (Å²) >= 11 is 0. The maximum atomic E-state index is 11.5. The van der Waals surface area contributed by atoms with Crippen LogP contribution in [0, 0.1) is 11.3 Å². The number of rotatable bonds is 5. The molecule has 1 aliphatic heterocycles. The van der Waals surface area contributed by atoms with Gasteiger partial charge in [-0.25, -0.2) is 0 Å². The molecule has 114 valence electrons. The Morgan fingerprint density at radius 3 is 2.90 bits per heavy atom. The standard InChI is InChI=1S/C17H24N2O2/c1-4-7-18-16(12-9-17(12,2)3)11-5-6-14-13(8-11)19-15(20)10-21-14/h5-6,8,12,16,18H,4,7,9-10H2,1-3H3,(H,19,20). The summed E-state index contributed by atoms with van der Waals surface area (Å²) in [4.78, 5) is 11.5. The third kappa shape index (κ3) is 2.91. The Morgan fingerprint density at radius 1 is 1.48 bits per heavy atom. The van der Waals surface area contributed by atoms with Crippen LogP contribution >= 0.6 is 0 Å². The Labute approximate surface area is 126 Å². The first kappa shape index (κ1) is 14.4. The van der Waals surface area contributed by atoms with Crippen LogP contribution in [0.4, 0.5) is 5.69 Å². The molecule has 2 unspecified atom stereocenters. The highest BCUT2D eigenvalue weighted by molar-refractivity contribution is 5.95. The van der Waals surface area contributed by atoms with Gasteiger partial charge in [-0.2, -0.15) is 0 Å². The average Bonchev–Trinajstić information content (AvgIpc) is 3.07. The van der Waals surface area contributed by atoms with E-state index in [4.69, 9.17) is 4.74 Å². The van der Waals surface area contributed by atoms with Crippen LogP contribution < -0.4 is 15.4 Å². The van der Waals surface area contributed by atoms with Gasteiger partial charge in [0, 0.05) is 6.04 Å². The monoisotopic (exact) mass is 288 g/mol. The summed E-state index contributed by atoms with van der Waals surface area (Å²) < 4.78 is 5.44. The topological polar surface area (TPSA) is 50.4 Å². The number of benzene rings is 1. The van der Waals surface area contributed by atoms with Gasteiger partial charge in [0.05, 0.1) is 5.69 Å². The fourth-order valence-electron chi connectivity index (χ4n) is 3.16. The number of amides is 1. The van der Waals surface area contributed by atoms with Gasteiger partial charge >= 0.3 is 0 Å². The van der Waals surface area contributed by atoms with Crippen LogP contribution in [0.2, 0.25) is 0 Å². The molecule has 1 fully saturated rings. The lowest BCUT2D eigenvalue weighted by Crippen LogP contribution is -2.27. The van der Waals surface area contributed by atoms with Crippen molar-refractivity contribution in [2.75, 3.05) is 18.5 Å². The molecule has 1 aromatic carbocycles. The van der Waals surface area contributed by atoms with Crippen LogP contribution in [-0.4, -0.2) is 19.1 Å². The molecule has 4 nitrogen and oxygen atoms in total. The SMILES string of the molecule is CCCNC(c1ccc2c(c1)NC(=O)CO2)C1CC1(C)C. The van der Waals surface area contributed by atoms with Crippen molar-refractivity contribution in [1.82, 2.24) is 5.32 Å². The van der Waals surface area contributed by atoms with Gasteiger partial charge in [-0.1, -0.05) is 26.8 Å². The predicted octanol–water partition coefficient (Wildman–Crippen LogP) is 3.10. The molecule has 0 saturated heterocycles. The molecule has 2 atom stereocenters. The third-order valence-corrected chi connectivity index (χ3v) is 4.60. The maximum absolute atomic E-state index is 11.5. The van der Waals surface area contributed by atoms with E-state index in [0.29, 0.717) is 17.4 Å². The molecule has 1 amide bonds. The molecule has 1 saturated carbocycles. The van der Waals surface area contributed by atoms with Crippen molar-refractivity contribution in [3.05, 3.63) is 23.8 Å². The molecule has 2 N–H and O–H groups in total. The summed E-state index contributed by atoms with van der Waals surface area (Å²) in [5.74, 6) is 1.34. The van der Waals surface area contributed by atoms with Gasteiger partial charge in [0.25, 0.3) is 5.91 Å². The van der Waals surface area contributed by atoms with E-state index in [9.17, 15) is 4.79 Å². The molecule has 0 radical (unpaired) electrons. The van der Waals surface area contributed by atoms with Gasteiger partial charge in [0.1, 0.15) is 5.75 Å². The minimum absolute atomic E-state index is 0.0792. The number of fused-ring (bicyclic) bond motifs is 1. The first-order chi connectivity index (χ1) is 10.0. The van der Waals surface area contributed by atoms with Crippen molar-refractivity contribution >= 4 is 11.6 Å². The van der Waals surface area contributed by atoms with E-state index in [2.05, 4.69) is 43.5 Å². The quantitative estimate of drug-likeness (QED) is 0.875. The molecule has 21 heavy (non-hydrogen) atoms. The summed E-state index contributed by atoms with van der Waals surface area (Å²) in [6.45, 7) is 7.95. The van der Waals surface area contributed by atoms with Crippen LogP contribution in [-0.2, 0) is 4.79 Å². The molecule has 4 heteroatoms. The van der Waals surface area contributed by atoms with E-state index >= 15 is 0 Å². The normalized spacial score (nSPS) is 23.8. The highest BCUT2D eigenvalue weighted by Gasteiger charge is 2.50. The molecule has 0 aromatic heterocycles. The number of hydrogen-bond acceptors (Lipinski definition) is 3. The lowest BCUT2D eigenvalue weighted by Gasteiger charge is -2.24. The highest BCUT2D eigenvalue weighted by atomic mass is 16.5. The molecule has 1 aliphatic carbocycles. The second-order valence-electron chi connectivity index (χ2n) is 6.82. The Hall–Kier alpha value is -1.55. The van der Waals surface area contributed by atoms with Crippen LogP contribution in [0.3, 0.4) is 0 Å². The second-order valence-corrected chi connectivity index (χ2v) is 6.82. The summed E-state index contributed by atoms with van der Waals surface area (Å²) in [6, 6.07) is 6.51. The first-order valence-electron chi connectivity index (χ1n) is 7.81. The molecular formula is C17H24N2O2. The van der Waals surface area contributed by atoms with Gasteiger partial charge in [-0.05, 0) is 48.4 Å². The summed E-state index contributed by atoms with van der Waals surface area (Å²) in [5, 5.41) is 6.57. The summed E-state index contributed by atoms with van der Waals surface area (Å²) in [7, 11) is 0. The van der Waals surface area contributed by atoms with Crippen molar-refractivity contribution in [2.45, 2.75) is 39.7 Å². The smallest absolute Gasteiger partial charge is 0.262 e. The summed E-state index contributed by atoms with van der Waals surface area (Å²) in [6.07, 6.45) is 2.36. The average molecular weight is 288 g/mol. The lowest BCUT2D eigenvalue weighted by molar-refractivity contribution is -0.118. The lowest BCUT2D eigenvalue weighted by atomic mass is 9.96. The second kappa shape index (κ2) is 5.34. The van der Waals surface area contributed by atoms with E-state index in [-0.39, 0.29) is 12.5 Å². The van der Waals surface area contributed by atoms with Gasteiger partial charge in [-0.15, -0.1) is 0 Å². The number of hydrogen-bond donors (Lipinski definition) is 2. The third-order valence-electron chi connectivity index (χ3n) is 4.60.